The van der Waals surface area contributed by atoms with Crippen molar-refractivity contribution in [1.29, 1.82) is 0 Å². The van der Waals surface area contributed by atoms with Gasteiger partial charge in [0.05, 0.1) is 61.6 Å². The zero-order valence-corrected chi connectivity index (χ0v) is 27.9. The fourth-order valence-electron chi connectivity index (χ4n) is 4.29. The highest BCUT2D eigenvalue weighted by molar-refractivity contribution is 5.69. The second kappa shape index (κ2) is 19.8. The van der Waals surface area contributed by atoms with Crippen LogP contribution < -0.4 is 9.47 Å². The number of rotatable bonds is 18. The maximum atomic E-state index is 11.2. The molecule has 0 aliphatic rings. The van der Waals surface area contributed by atoms with E-state index in [-0.39, 0.29) is 11.9 Å². The van der Waals surface area contributed by atoms with Crippen molar-refractivity contribution in [3.8, 4) is 11.5 Å². The van der Waals surface area contributed by atoms with Gasteiger partial charge >= 0.3 is 11.9 Å². The number of carbonyl (C=O) groups excluding carboxylic acids is 2. The minimum Gasteiger partial charge on any atom is -0.494 e. The molecule has 0 amide bonds. The van der Waals surface area contributed by atoms with Crippen LogP contribution in [0.15, 0.2) is 122 Å². The molecule has 0 unspecified atom stereocenters. The van der Waals surface area contributed by atoms with E-state index in [2.05, 4.69) is 40.2 Å². The van der Waals surface area contributed by atoms with Crippen LogP contribution >= 0.6 is 0 Å². The second-order valence-electron chi connectivity index (χ2n) is 10.8. The van der Waals surface area contributed by atoms with Crippen molar-refractivity contribution < 1.29 is 28.5 Å². The average molecular weight is 665 g/mol. The molecule has 254 valence electrons. The molecule has 49 heavy (non-hydrogen) atoms. The first-order valence-corrected chi connectivity index (χ1v) is 16.0. The Hall–Kier alpha value is -5.78. The van der Waals surface area contributed by atoms with Crippen molar-refractivity contribution >= 4 is 46.1 Å². The Morgan fingerprint density at radius 2 is 0.857 bits per heavy atom. The first kappa shape index (κ1) is 36.1. The number of nitrogens with zero attached hydrogens (tertiary/aromatic N) is 6. The average Bonchev–Trinajstić information content (AvgIpc) is 3.13. The lowest BCUT2D eigenvalue weighted by Gasteiger charge is -2.06. The van der Waals surface area contributed by atoms with Gasteiger partial charge in [-0.15, -0.1) is 0 Å². The second-order valence-corrected chi connectivity index (χ2v) is 10.8. The zero-order chi connectivity index (χ0) is 34.7. The van der Waals surface area contributed by atoms with Crippen LogP contribution in [0.5, 0.6) is 11.5 Å². The molecule has 0 aromatic heterocycles. The topological polar surface area (TPSA) is 145 Å². The van der Waals surface area contributed by atoms with Crippen LogP contribution in [-0.4, -0.2) is 39.4 Å². The van der Waals surface area contributed by atoms with E-state index in [1.165, 1.54) is 14.2 Å². The number of esters is 2. The first-order valence-electron chi connectivity index (χ1n) is 16.0. The largest absolute Gasteiger partial charge is 0.494 e. The molecule has 0 fully saturated rings. The Kier molecular flexibility index (Phi) is 14.6. The van der Waals surface area contributed by atoms with E-state index >= 15 is 0 Å². The van der Waals surface area contributed by atoms with Gasteiger partial charge in [-0.1, -0.05) is 0 Å². The minimum atomic E-state index is -0.207. The van der Waals surface area contributed by atoms with Crippen molar-refractivity contribution in [1.82, 2.24) is 0 Å². The lowest BCUT2D eigenvalue weighted by molar-refractivity contribution is -0.141. The number of methoxy groups -OCH3 is 2. The van der Waals surface area contributed by atoms with Gasteiger partial charge in [0, 0.05) is 12.8 Å². The van der Waals surface area contributed by atoms with Gasteiger partial charge in [-0.25, -0.2) is 0 Å². The molecule has 0 aliphatic carbocycles. The van der Waals surface area contributed by atoms with E-state index in [1.54, 1.807) is 0 Å². The summed E-state index contributed by atoms with van der Waals surface area (Å²) in [7, 11) is 2.78. The summed E-state index contributed by atoms with van der Waals surface area (Å²) in [4.78, 5) is 22.3. The zero-order valence-electron chi connectivity index (χ0n) is 27.9. The fourth-order valence-corrected chi connectivity index (χ4v) is 4.29. The third kappa shape index (κ3) is 13.1. The molecule has 0 aliphatic heterocycles. The van der Waals surface area contributed by atoms with Gasteiger partial charge in [0.2, 0.25) is 0 Å². The van der Waals surface area contributed by atoms with Crippen molar-refractivity contribution in [2.24, 2.45) is 30.7 Å². The number of hydrogen-bond acceptors (Lipinski definition) is 12. The minimum absolute atomic E-state index is 0.207. The van der Waals surface area contributed by atoms with Crippen molar-refractivity contribution in [2.75, 3.05) is 27.4 Å². The molecule has 4 rings (SSSR count). The molecular formula is C37H40N6O6. The van der Waals surface area contributed by atoms with Gasteiger partial charge in [0.1, 0.15) is 11.5 Å². The summed E-state index contributed by atoms with van der Waals surface area (Å²) in [5.41, 5.74) is 5.11. The Balaban J connectivity index is 1.21. The number of azo groups is 3. The molecule has 0 saturated carbocycles. The molecular weight excluding hydrogens is 624 g/mol. The Morgan fingerprint density at radius 1 is 0.490 bits per heavy atom. The predicted molar refractivity (Wildman–Crippen MR) is 186 cm³/mol. The normalized spacial score (nSPS) is 11.3. The Labute approximate surface area is 285 Å². The molecule has 12 nitrogen and oxygen atoms in total. The highest BCUT2D eigenvalue weighted by Gasteiger charge is 2.03. The smallest absolute Gasteiger partial charge is 0.305 e. The summed E-state index contributed by atoms with van der Waals surface area (Å²) in [5, 5.41) is 26.0. The van der Waals surface area contributed by atoms with E-state index in [0.717, 1.165) is 48.4 Å². The van der Waals surface area contributed by atoms with Gasteiger partial charge in [0.15, 0.2) is 0 Å². The molecule has 0 radical (unpaired) electrons. The van der Waals surface area contributed by atoms with E-state index in [4.69, 9.17) is 9.47 Å². The molecule has 12 heteroatoms. The third-order valence-electron chi connectivity index (χ3n) is 7.08. The van der Waals surface area contributed by atoms with Crippen LogP contribution in [0.3, 0.4) is 0 Å². The van der Waals surface area contributed by atoms with Crippen molar-refractivity contribution in [3.05, 3.63) is 96.6 Å². The third-order valence-corrected chi connectivity index (χ3v) is 7.08. The van der Waals surface area contributed by atoms with Gasteiger partial charge < -0.3 is 18.9 Å². The SMILES string of the molecule is COC(=O)CCCCOc1ccc(/N=N/c2ccc(/N=N/c3ccc(/N=N/c4ccc(OCCCCC(=O)OC)cc4)cc3C)cc2)cc1. The van der Waals surface area contributed by atoms with Crippen molar-refractivity contribution in [3.63, 3.8) is 0 Å². The van der Waals surface area contributed by atoms with Crippen LogP contribution in [0.2, 0.25) is 0 Å². The van der Waals surface area contributed by atoms with Crippen LogP contribution in [0.4, 0.5) is 34.1 Å². The molecule has 0 N–H and O–H groups in total. The molecule has 4 aromatic rings. The highest BCUT2D eigenvalue weighted by Crippen LogP contribution is 2.29. The number of hydrogen-bond donors (Lipinski definition) is 0. The van der Waals surface area contributed by atoms with E-state index in [1.807, 2.05) is 97.9 Å². The van der Waals surface area contributed by atoms with Crippen LogP contribution in [0.25, 0.3) is 0 Å². The monoisotopic (exact) mass is 664 g/mol. The number of benzene rings is 4. The Bertz CT molecular complexity index is 1720. The molecule has 4 aromatic carbocycles. The number of carbonyl (C=O) groups is 2. The molecule has 0 bridgehead atoms. The highest BCUT2D eigenvalue weighted by atomic mass is 16.5. The van der Waals surface area contributed by atoms with Gasteiger partial charge in [0.25, 0.3) is 0 Å². The van der Waals surface area contributed by atoms with Gasteiger partial charge in [-0.2, -0.15) is 30.7 Å². The van der Waals surface area contributed by atoms with E-state index in [0.29, 0.717) is 54.5 Å². The summed E-state index contributed by atoms with van der Waals surface area (Å²) >= 11 is 0. The van der Waals surface area contributed by atoms with Gasteiger partial charge in [-0.05, 0) is 129 Å². The predicted octanol–water partition coefficient (Wildman–Crippen LogP) is 10.7. The molecule has 0 spiro atoms. The summed E-state index contributed by atoms with van der Waals surface area (Å²) in [5.74, 6) is 1.05. The van der Waals surface area contributed by atoms with Crippen LogP contribution in [-0.2, 0) is 19.1 Å². The van der Waals surface area contributed by atoms with Crippen LogP contribution in [0.1, 0.15) is 44.1 Å². The standard InChI is InChI=1S/C37H40N6O6/c1-27-26-32(42-40-31-16-21-34(22-17-31)49-25-7-5-9-37(45)47-3)18-23-35(27)43-41-29-12-10-28(11-13-29)38-39-30-14-19-33(20-15-30)48-24-6-4-8-36(44)46-2/h10-23,26H,4-9,24-25H2,1-3H3/b39-38+,42-40+,43-41+. The quantitative estimate of drug-likeness (QED) is 0.0587. The maximum absolute atomic E-state index is 11.2. The lowest BCUT2D eigenvalue weighted by atomic mass is 10.2. The van der Waals surface area contributed by atoms with E-state index < -0.39 is 0 Å². The summed E-state index contributed by atoms with van der Waals surface area (Å²) in [6, 6.07) is 27.6. The Morgan fingerprint density at radius 3 is 1.27 bits per heavy atom. The first-order chi connectivity index (χ1) is 23.9. The molecule has 0 heterocycles. The van der Waals surface area contributed by atoms with Gasteiger partial charge in [-0.3, -0.25) is 9.59 Å². The number of ether oxygens (including phenoxy) is 4. The summed E-state index contributed by atoms with van der Waals surface area (Å²) in [6.07, 6.45) is 3.76. The summed E-state index contributed by atoms with van der Waals surface area (Å²) < 4.78 is 20.7. The maximum Gasteiger partial charge on any atom is 0.305 e. The number of aryl methyl sites for hydroxylation is 1. The molecule has 0 saturated heterocycles. The van der Waals surface area contributed by atoms with Crippen molar-refractivity contribution in [2.45, 2.75) is 45.4 Å². The number of unbranched alkanes of at least 4 members (excludes halogenated alkanes) is 2. The van der Waals surface area contributed by atoms with Crippen LogP contribution in [0, 0.1) is 6.92 Å². The lowest BCUT2D eigenvalue weighted by Crippen LogP contribution is -2.02. The molecule has 0 atom stereocenters. The fraction of sp³-hybridized carbons (Fsp3) is 0.297. The van der Waals surface area contributed by atoms with E-state index in [9.17, 15) is 9.59 Å². The summed E-state index contributed by atoms with van der Waals surface area (Å²) in [6.45, 7) is 2.99.